The van der Waals surface area contributed by atoms with E-state index in [2.05, 4.69) is 29.2 Å². The third kappa shape index (κ3) is 2.49. The predicted octanol–water partition coefficient (Wildman–Crippen LogP) is 3.12. The molecular weight excluding hydrogens is 300 g/mol. The number of rotatable bonds is 3. The Morgan fingerprint density at radius 3 is 2.95 bits per heavy atom. The number of nitrogens with one attached hydrogen (secondary N) is 1. The molecule has 3 heterocycles. The first kappa shape index (κ1) is 15.0. The average molecular weight is 320 g/mol. The van der Waals surface area contributed by atoms with Crippen LogP contribution in [0.15, 0.2) is 12.4 Å². The van der Waals surface area contributed by atoms with Gasteiger partial charge in [0.25, 0.3) is 0 Å². The minimum Gasteiger partial charge on any atom is -0.462 e. The minimum absolute atomic E-state index is 0.0751. The van der Waals surface area contributed by atoms with Gasteiger partial charge < -0.3 is 10.1 Å². The highest BCUT2D eigenvalue weighted by molar-refractivity contribution is 7.11. The molecular formula is C15H20N4O2S. The number of ether oxygens (including phenoxy) is 1. The van der Waals surface area contributed by atoms with Crippen molar-refractivity contribution in [2.24, 2.45) is 0 Å². The second kappa shape index (κ2) is 5.39. The van der Waals surface area contributed by atoms with E-state index in [1.807, 2.05) is 17.8 Å². The monoisotopic (exact) mass is 320 g/mol. The number of esters is 1. The fourth-order valence-corrected chi connectivity index (χ4v) is 3.61. The normalized spacial score (nSPS) is 19.4. The summed E-state index contributed by atoms with van der Waals surface area (Å²) < 4.78 is 6.99. The van der Waals surface area contributed by atoms with Gasteiger partial charge >= 0.3 is 5.97 Å². The molecule has 1 unspecified atom stereocenters. The summed E-state index contributed by atoms with van der Waals surface area (Å²) in [6.45, 7) is 8.43. The summed E-state index contributed by atoms with van der Waals surface area (Å²) in [7, 11) is 0. The van der Waals surface area contributed by atoms with E-state index in [9.17, 15) is 4.79 Å². The molecule has 0 saturated heterocycles. The van der Waals surface area contributed by atoms with Crippen LogP contribution in [0.1, 0.15) is 53.5 Å². The van der Waals surface area contributed by atoms with Crippen LogP contribution in [0, 0.1) is 6.92 Å². The van der Waals surface area contributed by atoms with E-state index in [0.29, 0.717) is 18.0 Å². The van der Waals surface area contributed by atoms with Gasteiger partial charge in [0.15, 0.2) is 0 Å². The number of fused-ring (bicyclic) bond motifs is 1. The van der Waals surface area contributed by atoms with Crippen molar-refractivity contribution in [3.63, 3.8) is 0 Å². The van der Waals surface area contributed by atoms with Crippen molar-refractivity contribution in [2.45, 2.75) is 45.7 Å². The van der Waals surface area contributed by atoms with Crippen LogP contribution in [0.25, 0.3) is 0 Å². The number of aryl methyl sites for hydroxylation is 1. The zero-order valence-corrected chi connectivity index (χ0v) is 14.0. The average Bonchev–Trinajstić information content (AvgIpc) is 3.04. The number of hydrogen-bond donors (Lipinski definition) is 1. The van der Waals surface area contributed by atoms with Crippen molar-refractivity contribution in [1.29, 1.82) is 0 Å². The van der Waals surface area contributed by atoms with Crippen molar-refractivity contribution in [3.8, 4) is 0 Å². The van der Waals surface area contributed by atoms with Crippen molar-refractivity contribution in [1.82, 2.24) is 14.8 Å². The lowest BCUT2D eigenvalue weighted by Crippen LogP contribution is -2.38. The van der Waals surface area contributed by atoms with Crippen LogP contribution in [0.4, 0.5) is 5.82 Å². The highest BCUT2D eigenvalue weighted by Crippen LogP contribution is 2.40. The Hall–Kier alpha value is -1.89. The topological polar surface area (TPSA) is 69.0 Å². The molecule has 1 N–H and O–H groups in total. The quantitative estimate of drug-likeness (QED) is 0.880. The van der Waals surface area contributed by atoms with Gasteiger partial charge in [-0.25, -0.2) is 14.5 Å². The maximum atomic E-state index is 12.1. The summed E-state index contributed by atoms with van der Waals surface area (Å²) in [5.74, 6) is 0.371. The number of hydrogen-bond acceptors (Lipinski definition) is 6. The maximum Gasteiger partial charge on any atom is 0.343 e. The minimum atomic E-state index is -0.344. The Morgan fingerprint density at radius 1 is 1.55 bits per heavy atom. The number of carbonyl (C=O) groups is 1. The van der Waals surface area contributed by atoms with Gasteiger partial charge in [-0.15, -0.1) is 11.3 Å². The van der Waals surface area contributed by atoms with E-state index in [1.165, 1.54) is 4.88 Å². The molecule has 1 atom stereocenters. The van der Waals surface area contributed by atoms with Crippen LogP contribution in [0.5, 0.6) is 0 Å². The number of carbonyl (C=O) groups excluding carboxylic acids is 1. The van der Waals surface area contributed by atoms with E-state index in [0.717, 1.165) is 11.4 Å². The van der Waals surface area contributed by atoms with Crippen LogP contribution in [0.3, 0.4) is 0 Å². The standard InChI is InChI=1S/C15H20N4O2S/c1-5-21-14(20)10-8-17-19-12(10)18-11(6-15(19,3)4)13-16-7-9(2)22-13/h7-8,11,18H,5-6H2,1-4H3. The zero-order valence-electron chi connectivity index (χ0n) is 13.2. The largest absolute Gasteiger partial charge is 0.462 e. The third-order valence-corrected chi connectivity index (χ3v) is 4.82. The zero-order chi connectivity index (χ0) is 15.9. The summed E-state index contributed by atoms with van der Waals surface area (Å²) in [5, 5.41) is 8.84. The molecule has 0 bridgehead atoms. The van der Waals surface area contributed by atoms with Gasteiger partial charge in [-0.05, 0) is 34.1 Å². The molecule has 0 radical (unpaired) electrons. The number of aromatic nitrogens is 3. The van der Waals surface area contributed by atoms with Gasteiger partial charge in [-0.3, -0.25) is 0 Å². The van der Waals surface area contributed by atoms with Crippen molar-refractivity contribution < 1.29 is 9.53 Å². The van der Waals surface area contributed by atoms with Gasteiger partial charge in [0.05, 0.1) is 24.4 Å². The molecule has 6 nitrogen and oxygen atoms in total. The highest BCUT2D eigenvalue weighted by atomic mass is 32.1. The summed E-state index contributed by atoms with van der Waals surface area (Å²) in [4.78, 5) is 17.8. The summed E-state index contributed by atoms with van der Waals surface area (Å²) >= 11 is 1.68. The molecule has 3 rings (SSSR count). The second-order valence-corrected chi connectivity index (χ2v) is 7.33. The third-order valence-electron chi connectivity index (χ3n) is 3.79. The van der Waals surface area contributed by atoms with Gasteiger partial charge in [0.1, 0.15) is 16.4 Å². The maximum absolute atomic E-state index is 12.1. The molecule has 7 heteroatoms. The highest BCUT2D eigenvalue weighted by Gasteiger charge is 2.37. The Balaban J connectivity index is 1.99. The van der Waals surface area contributed by atoms with Gasteiger partial charge in [0.2, 0.25) is 0 Å². The van der Waals surface area contributed by atoms with Crippen LogP contribution >= 0.6 is 11.3 Å². The van der Waals surface area contributed by atoms with E-state index >= 15 is 0 Å². The van der Waals surface area contributed by atoms with Crippen LogP contribution < -0.4 is 5.32 Å². The molecule has 0 spiro atoms. The molecule has 2 aromatic rings. The smallest absolute Gasteiger partial charge is 0.343 e. The van der Waals surface area contributed by atoms with Crippen LogP contribution in [-0.4, -0.2) is 27.3 Å². The molecule has 0 fully saturated rings. The SMILES string of the molecule is CCOC(=O)c1cnn2c1NC(c1ncc(C)s1)CC2(C)C. The number of thiazole rings is 1. The Morgan fingerprint density at radius 2 is 2.32 bits per heavy atom. The molecule has 1 aliphatic heterocycles. The lowest BCUT2D eigenvalue weighted by molar-refractivity contribution is 0.0527. The Labute approximate surface area is 133 Å². The number of nitrogens with zero attached hydrogens (tertiary/aromatic N) is 3. The molecule has 0 aliphatic carbocycles. The molecule has 1 aliphatic rings. The van der Waals surface area contributed by atoms with E-state index in [1.54, 1.807) is 24.5 Å². The van der Waals surface area contributed by atoms with Gasteiger partial charge in [-0.1, -0.05) is 0 Å². The van der Waals surface area contributed by atoms with E-state index in [-0.39, 0.29) is 17.6 Å². The lowest BCUT2D eigenvalue weighted by Gasteiger charge is -2.37. The van der Waals surface area contributed by atoms with Crippen LogP contribution in [0.2, 0.25) is 0 Å². The molecule has 0 aromatic carbocycles. The first-order valence-electron chi connectivity index (χ1n) is 7.37. The van der Waals surface area contributed by atoms with Gasteiger partial charge in [-0.2, -0.15) is 5.10 Å². The van der Waals surface area contributed by atoms with Crippen molar-refractivity contribution >= 4 is 23.1 Å². The number of anilines is 1. The van der Waals surface area contributed by atoms with E-state index in [4.69, 9.17) is 4.74 Å². The molecule has 22 heavy (non-hydrogen) atoms. The first-order chi connectivity index (χ1) is 10.4. The fraction of sp³-hybridized carbons (Fsp3) is 0.533. The van der Waals surface area contributed by atoms with Crippen LogP contribution in [-0.2, 0) is 10.3 Å². The molecule has 0 amide bonds. The fourth-order valence-electron chi connectivity index (χ4n) is 2.79. The molecule has 0 saturated carbocycles. The first-order valence-corrected chi connectivity index (χ1v) is 8.18. The Bertz CT molecular complexity index is 704. The molecule has 118 valence electrons. The summed E-state index contributed by atoms with van der Waals surface area (Å²) in [6, 6.07) is 0.0751. The lowest BCUT2D eigenvalue weighted by atomic mass is 9.93. The summed E-state index contributed by atoms with van der Waals surface area (Å²) in [6.07, 6.45) is 4.32. The van der Waals surface area contributed by atoms with E-state index < -0.39 is 0 Å². The van der Waals surface area contributed by atoms with Crippen molar-refractivity contribution in [2.75, 3.05) is 11.9 Å². The predicted molar refractivity (Wildman–Crippen MR) is 85.3 cm³/mol. The van der Waals surface area contributed by atoms with Crippen molar-refractivity contribution in [3.05, 3.63) is 27.8 Å². The summed E-state index contributed by atoms with van der Waals surface area (Å²) in [5.41, 5.74) is 0.281. The molecule has 2 aromatic heterocycles. The van der Waals surface area contributed by atoms with Gasteiger partial charge in [0, 0.05) is 11.1 Å². The second-order valence-electron chi connectivity index (χ2n) is 6.06. The Kier molecular flexibility index (Phi) is 3.68.